The summed E-state index contributed by atoms with van der Waals surface area (Å²) in [4.78, 5) is 27.9. The summed E-state index contributed by atoms with van der Waals surface area (Å²) in [6.07, 6.45) is 1.82. The second kappa shape index (κ2) is 8.41. The Bertz CT molecular complexity index is 1040. The summed E-state index contributed by atoms with van der Waals surface area (Å²) in [5, 5.41) is 0. The molecule has 4 rings (SSSR count). The van der Waals surface area contributed by atoms with Crippen LogP contribution in [0, 0.1) is 5.82 Å². The van der Waals surface area contributed by atoms with Gasteiger partial charge < -0.3 is 14.2 Å². The lowest BCUT2D eigenvalue weighted by atomic mass is 9.77. The van der Waals surface area contributed by atoms with Crippen molar-refractivity contribution in [3.05, 3.63) is 59.0 Å². The SMILES string of the molecule is COc1cc(C2CC(=O)N(c3ccc(F)cc3)C3=C2C(=O)CCC3)cc(OC)c1OC. The van der Waals surface area contributed by atoms with E-state index in [0.29, 0.717) is 53.5 Å². The maximum Gasteiger partial charge on any atom is 0.232 e. The van der Waals surface area contributed by atoms with Crippen LogP contribution in [-0.2, 0) is 9.59 Å². The zero-order valence-corrected chi connectivity index (χ0v) is 17.7. The van der Waals surface area contributed by atoms with Crippen molar-refractivity contribution < 1.29 is 28.2 Å². The van der Waals surface area contributed by atoms with Gasteiger partial charge in [0, 0.05) is 35.7 Å². The zero-order valence-electron chi connectivity index (χ0n) is 17.7. The van der Waals surface area contributed by atoms with E-state index in [1.807, 2.05) is 0 Å². The largest absolute Gasteiger partial charge is 0.493 e. The molecule has 1 aliphatic heterocycles. The smallest absolute Gasteiger partial charge is 0.232 e. The van der Waals surface area contributed by atoms with Crippen LogP contribution >= 0.6 is 0 Å². The monoisotopic (exact) mass is 425 g/mol. The van der Waals surface area contributed by atoms with Gasteiger partial charge in [-0.05, 0) is 54.8 Å². The van der Waals surface area contributed by atoms with Gasteiger partial charge in [0.15, 0.2) is 17.3 Å². The number of allylic oxidation sites excluding steroid dienone is 2. The number of halogens is 1. The van der Waals surface area contributed by atoms with Crippen molar-refractivity contribution in [1.29, 1.82) is 0 Å². The van der Waals surface area contributed by atoms with Crippen molar-refractivity contribution in [2.45, 2.75) is 31.6 Å². The summed E-state index contributed by atoms with van der Waals surface area (Å²) in [5.74, 6) is 0.482. The minimum atomic E-state index is -0.416. The van der Waals surface area contributed by atoms with E-state index in [-0.39, 0.29) is 23.9 Å². The van der Waals surface area contributed by atoms with E-state index in [4.69, 9.17) is 14.2 Å². The molecule has 0 N–H and O–H groups in total. The molecule has 0 radical (unpaired) electrons. The molecule has 0 saturated carbocycles. The summed E-state index contributed by atoms with van der Waals surface area (Å²) in [6, 6.07) is 9.35. The first-order chi connectivity index (χ1) is 15.0. The number of carbonyl (C=O) groups excluding carboxylic acids is 2. The third kappa shape index (κ3) is 3.65. The molecule has 1 atom stereocenters. The van der Waals surface area contributed by atoms with E-state index in [9.17, 15) is 14.0 Å². The van der Waals surface area contributed by atoms with E-state index < -0.39 is 5.92 Å². The predicted octanol–water partition coefficient (Wildman–Crippen LogP) is 4.38. The maximum atomic E-state index is 13.4. The highest BCUT2D eigenvalue weighted by atomic mass is 19.1. The molecule has 2 aliphatic rings. The predicted molar refractivity (Wildman–Crippen MR) is 113 cm³/mol. The standard InChI is InChI=1S/C24H24FNO5/c1-29-20-11-14(12-21(30-2)24(20)31-3)17-13-22(28)26(16-9-7-15(25)8-10-16)18-5-4-6-19(27)23(17)18/h7-12,17H,4-6,13H2,1-3H3. The molecule has 31 heavy (non-hydrogen) atoms. The molecule has 0 aromatic heterocycles. The summed E-state index contributed by atoms with van der Waals surface area (Å²) in [5.41, 5.74) is 2.64. The number of ether oxygens (including phenoxy) is 3. The van der Waals surface area contributed by atoms with Crippen LogP contribution in [-0.4, -0.2) is 33.0 Å². The molecular formula is C24H24FNO5. The lowest BCUT2D eigenvalue weighted by molar-refractivity contribution is -0.119. The highest BCUT2D eigenvalue weighted by Gasteiger charge is 2.40. The quantitative estimate of drug-likeness (QED) is 0.711. The van der Waals surface area contributed by atoms with Crippen molar-refractivity contribution in [1.82, 2.24) is 0 Å². The van der Waals surface area contributed by atoms with Crippen LogP contribution in [0.1, 0.15) is 37.2 Å². The summed E-state index contributed by atoms with van der Waals surface area (Å²) in [6.45, 7) is 0. The number of rotatable bonds is 5. The second-order valence-corrected chi connectivity index (χ2v) is 7.56. The first kappa shape index (κ1) is 20.9. The Morgan fingerprint density at radius 1 is 0.935 bits per heavy atom. The van der Waals surface area contributed by atoms with E-state index in [1.54, 1.807) is 29.2 Å². The molecule has 0 bridgehead atoms. The van der Waals surface area contributed by atoms with Gasteiger partial charge in [-0.15, -0.1) is 0 Å². The lowest BCUT2D eigenvalue weighted by Gasteiger charge is -2.38. The summed E-state index contributed by atoms with van der Waals surface area (Å²) >= 11 is 0. The van der Waals surface area contributed by atoms with Crippen LogP contribution in [0.3, 0.4) is 0 Å². The van der Waals surface area contributed by atoms with Gasteiger partial charge in [0.05, 0.1) is 21.3 Å². The molecule has 1 aliphatic carbocycles. The molecule has 1 amide bonds. The Kier molecular flexibility index (Phi) is 5.67. The number of benzene rings is 2. The van der Waals surface area contributed by atoms with Gasteiger partial charge in [-0.2, -0.15) is 0 Å². The fourth-order valence-corrected chi connectivity index (χ4v) is 4.47. The number of ketones is 1. The average Bonchev–Trinajstić information content (AvgIpc) is 2.78. The Hall–Kier alpha value is -3.35. The molecule has 162 valence electrons. The van der Waals surface area contributed by atoms with Gasteiger partial charge in [0.25, 0.3) is 0 Å². The second-order valence-electron chi connectivity index (χ2n) is 7.56. The molecule has 2 aromatic carbocycles. The number of carbonyl (C=O) groups is 2. The van der Waals surface area contributed by atoms with Crippen molar-refractivity contribution in [2.24, 2.45) is 0 Å². The van der Waals surface area contributed by atoms with Crippen molar-refractivity contribution in [2.75, 3.05) is 26.2 Å². The molecule has 6 nitrogen and oxygen atoms in total. The number of amides is 1. The number of methoxy groups -OCH3 is 3. The number of hydrogen-bond donors (Lipinski definition) is 0. The summed E-state index contributed by atoms with van der Waals surface area (Å²) in [7, 11) is 4.58. The number of anilines is 1. The third-order valence-corrected chi connectivity index (χ3v) is 5.85. The minimum absolute atomic E-state index is 0.0274. The van der Waals surface area contributed by atoms with Crippen LogP contribution in [0.4, 0.5) is 10.1 Å². The first-order valence-corrected chi connectivity index (χ1v) is 10.1. The molecule has 0 spiro atoms. The Morgan fingerprint density at radius 2 is 1.58 bits per heavy atom. The van der Waals surface area contributed by atoms with Gasteiger partial charge in [0.2, 0.25) is 11.7 Å². The molecule has 0 saturated heterocycles. The normalized spacial score (nSPS) is 18.7. The van der Waals surface area contributed by atoms with Gasteiger partial charge in [-0.1, -0.05) is 0 Å². The Labute approximate surface area is 180 Å². The van der Waals surface area contributed by atoms with Crippen molar-refractivity contribution in [3.63, 3.8) is 0 Å². The fourth-order valence-electron chi connectivity index (χ4n) is 4.47. The minimum Gasteiger partial charge on any atom is -0.493 e. The fraction of sp³-hybridized carbons (Fsp3) is 0.333. The van der Waals surface area contributed by atoms with E-state index in [2.05, 4.69) is 0 Å². The molecular weight excluding hydrogens is 401 g/mol. The van der Waals surface area contributed by atoms with Crippen LogP contribution in [0.15, 0.2) is 47.7 Å². The molecule has 1 unspecified atom stereocenters. The van der Waals surface area contributed by atoms with E-state index in [1.165, 1.54) is 33.5 Å². The van der Waals surface area contributed by atoms with E-state index in [0.717, 1.165) is 5.56 Å². The molecule has 1 heterocycles. The zero-order chi connectivity index (χ0) is 22.1. The summed E-state index contributed by atoms with van der Waals surface area (Å²) < 4.78 is 29.8. The Morgan fingerprint density at radius 3 is 2.16 bits per heavy atom. The number of nitrogens with zero attached hydrogens (tertiary/aromatic N) is 1. The molecule has 7 heteroatoms. The van der Waals surface area contributed by atoms with Gasteiger partial charge in [-0.25, -0.2) is 4.39 Å². The van der Waals surface area contributed by atoms with Crippen molar-refractivity contribution in [3.8, 4) is 17.2 Å². The number of Topliss-reactive ketones (excluding diaryl/α,β-unsaturated/α-hetero) is 1. The average molecular weight is 425 g/mol. The van der Waals surface area contributed by atoms with Crippen molar-refractivity contribution >= 4 is 17.4 Å². The number of hydrogen-bond acceptors (Lipinski definition) is 5. The third-order valence-electron chi connectivity index (χ3n) is 5.85. The van der Waals surface area contributed by atoms with Crippen LogP contribution in [0.25, 0.3) is 0 Å². The highest BCUT2D eigenvalue weighted by molar-refractivity contribution is 6.07. The Balaban J connectivity index is 1.87. The van der Waals surface area contributed by atoms with Crippen LogP contribution in [0.2, 0.25) is 0 Å². The van der Waals surface area contributed by atoms with E-state index >= 15 is 0 Å². The lowest BCUT2D eigenvalue weighted by Crippen LogP contribution is -2.40. The molecule has 0 fully saturated rings. The first-order valence-electron chi connectivity index (χ1n) is 10.1. The highest BCUT2D eigenvalue weighted by Crippen LogP contribution is 2.47. The molecule has 2 aromatic rings. The topological polar surface area (TPSA) is 65.1 Å². The van der Waals surface area contributed by atoms with Gasteiger partial charge in [0.1, 0.15) is 5.82 Å². The van der Waals surface area contributed by atoms with Gasteiger partial charge >= 0.3 is 0 Å². The maximum absolute atomic E-state index is 13.4. The van der Waals surface area contributed by atoms with Gasteiger partial charge in [-0.3, -0.25) is 14.5 Å². The van der Waals surface area contributed by atoms with Crippen LogP contribution < -0.4 is 19.1 Å². The van der Waals surface area contributed by atoms with Crippen LogP contribution in [0.5, 0.6) is 17.2 Å².